The zero-order valence-corrected chi connectivity index (χ0v) is 12.1. The fourth-order valence-electron chi connectivity index (χ4n) is 3.65. The smallest absolute Gasteiger partial charge is 0.0949 e. The van der Waals surface area contributed by atoms with Gasteiger partial charge in [0.1, 0.15) is 0 Å². The number of hydrogen-bond acceptors (Lipinski definition) is 3. The molecule has 2 atom stereocenters. The van der Waals surface area contributed by atoms with Crippen molar-refractivity contribution in [1.29, 1.82) is 5.41 Å². The van der Waals surface area contributed by atoms with Crippen LogP contribution in [0.3, 0.4) is 0 Å². The van der Waals surface area contributed by atoms with Gasteiger partial charge in [0.15, 0.2) is 0 Å². The van der Waals surface area contributed by atoms with E-state index >= 15 is 0 Å². The molecule has 0 aliphatic carbocycles. The highest BCUT2D eigenvalue weighted by molar-refractivity contribution is 5.79. The summed E-state index contributed by atoms with van der Waals surface area (Å²) in [6.45, 7) is 10.7. The molecule has 2 saturated heterocycles. The molecule has 4 heteroatoms. The van der Waals surface area contributed by atoms with E-state index < -0.39 is 0 Å². The highest BCUT2D eigenvalue weighted by Crippen LogP contribution is 2.41. The molecule has 0 aromatic carbocycles. The summed E-state index contributed by atoms with van der Waals surface area (Å²) in [4.78, 5) is 2.49. The van der Waals surface area contributed by atoms with Gasteiger partial charge in [0.2, 0.25) is 0 Å². The Morgan fingerprint density at radius 2 is 2.00 bits per heavy atom. The molecule has 0 aromatic heterocycles. The average Bonchev–Trinajstić information content (AvgIpc) is 2.47. The van der Waals surface area contributed by atoms with Gasteiger partial charge in [-0.15, -0.1) is 0 Å². The lowest BCUT2D eigenvalue weighted by molar-refractivity contribution is -0.0825. The van der Waals surface area contributed by atoms with Gasteiger partial charge in [-0.3, -0.25) is 10.3 Å². The number of nitrogens with two attached hydrogens (primary N) is 1. The molecule has 2 fully saturated rings. The quantitative estimate of drug-likeness (QED) is 0.584. The molecular weight excluding hydrogens is 226 g/mol. The van der Waals surface area contributed by atoms with Gasteiger partial charge in [-0.2, -0.15) is 0 Å². The van der Waals surface area contributed by atoms with Crippen molar-refractivity contribution in [3.63, 3.8) is 0 Å². The predicted octanol–water partition coefficient (Wildman–Crippen LogP) is 1.98. The number of nitrogens with one attached hydrogen (secondary N) is 1. The topological polar surface area (TPSA) is 62.3 Å². The molecular formula is C14H27N3O. The van der Waals surface area contributed by atoms with Gasteiger partial charge in [-0.1, -0.05) is 0 Å². The molecule has 2 unspecified atom stereocenters. The molecule has 2 rings (SSSR count). The summed E-state index contributed by atoms with van der Waals surface area (Å²) in [5, 5.41) is 7.65. The number of piperidine rings is 1. The van der Waals surface area contributed by atoms with E-state index in [1.54, 1.807) is 0 Å². The van der Waals surface area contributed by atoms with Crippen LogP contribution in [-0.4, -0.2) is 41.1 Å². The third-order valence-electron chi connectivity index (χ3n) is 4.36. The molecule has 18 heavy (non-hydrogen) atoms. The molecule has 0 radical (unpaired) electrons. The second-order valence-electron chi connectivity index (χ2n) is 6.97. The van der Waals surface area contributed by atoms with Crippen molar-refractivity contribution in [2.24, 2.45) is 11.7 Å². The normalized spacial score (nSPS) is 35.6. The van der Waals surface area contributed by atoms with Crippen LogP contribution in [0.15, 0.2) is 0 Å². The van der Waals surface area contributed by atoms with E-state index in [0.29, 0.717) is 11.9 Å². The lowest BCUT2D eigenvalue weighted by Gasteiger charge is -2.40. The first-order valence-electron chi connectivity index (χ1n) is 6.99. The average molecular weight is 253 g/mol. The second-order valence-corrected chi connectivity index (χ2v) is 6.97. The van der Waals surface area contributed by atoms with Gasteiger partial charge in [-0.25, -0.2) is 0 Å². The third-order valence-corrected chi connectivity index (χ3v) is 4.36. The molecule has 2 aliphatic rings. The summed E-state index contributed by atoms with van der Waals surface area (Å²) >= 11 is 0. The summed E-state index contributed by atoms with van der Waals surface area (Å²) in [5.74, 6) is 0.578. The first-order valence-corrected chi connectivity index (χ1v) is 6.99. The SMILES string of the molecule is CC1(C)CC(N2CCCC(C(=N)N)C2)C(C)(C)O1. The molecule has 0 bridgehead atoms. The van der Waals surface area contributed by atoms with Crippen molar-refractivity contribution in [2.75, 3.05) is 13.1 Å². The molecule has 104 valence electrons. The molecule has 3 N–H and O–H groups in total. The number of rotatable bonds is 2. The molecule has 4 nitrogen and oxygen atoms in total. The highest BCUT2D eigenvalue weighted by atomic mass is 16.5. The van der Waals surface area contributed by atoms with Gasteiger partial charge in [0.25, 0.3) is 0 Å². The Morgan fingerprint density at radius 3 is 2.50 bits per heavy atom. The van der Waals surface area contributed by atoms with E-state index in [1.165, 1.54) is 0 Å². The van der Waals surface area contributed by atoms with Crippen LogP contribution in [0, 0.1) is 11.3 Å². The van der Waals surface area contributed by atoms with E-state index in [2.05, 4.69) is 32.6 Å². The Hall–Kier alpha value is -0.610. The maximum atomic E-state index is 7.65. The summed E-state index contributed by atoms with van der Waals surface area (Å²) in [7, 11) is 0. The Bertz CT molecular complexity index is 338. The fourth-order valence-corrected chi connectivity index (χ4v) is 3.65. The summed E-state index contributed by atoms with van der Waals surface area (Å²) in [6, 6.07) is 0.439. The molecule has 0 aromatic rings. The number of nitrogens with zero attached hydrogens (tertiary/aromatic N) is 1. The van der Waals surface area contributed by atoms with Crippen molar-refractivity contribution in [1.82, 2.24) is 4.90 Å². The van der Waals surface area contributed by atoms with Crippen LogP contribution in [0.2, 0.25) is 0 Å². The minimum Gasteiger partial charge on any atom is -0.387 e. The van der Waals surface area contributed by atoms with Crippen molar-refractivity contribution in [3.05, 3.63) is 0 Å². The predicted molar refractivity (Wildman–Crippen MR) is 73.9 cm³/mol. The Balaban J connectivity index is 2.09. The van der Waals surface area contributed by atoms with Crippen LogP contribution in [0.25, 0.3) is 0 Å². The van der Waals surface area contributed by atoms with E-state index in [9.17, 15) is 0 Å². The Morgan fingerprint density at radius 1 is 1.33 bits per heavy atom. The summed E-state index contributed by atoms with van der Waals surface area (Å²) in [5.41, 5.74) is 5.52. The Kier molecular flexibility index (Phi) is 3.45. The van der Waals surface area contributed by atoms with E-state index in [1.807, 2.05) is 0 Å². The number of hydrogen-bond donors (Lipinski definition) is 2. The van der Waals surface area contributed by atoms with Crippen molar-refractivity contribution >= 4 is 5.84 Å². The molecule has 2 heterocycles. The maximum Gasteiger partial charge on any atom is 0.0949 e. The molecule has 0 spiro atoms. The molecule has 0 amide bonds. The first-order chi connectivity index (χ1) is 8.21. The number of likely N-dealkylation sites (tertiary alicyclic amines) is 1. The van der Waals surface area contributed by atoms with E-state index in [-0.39, 0.29) is 17.1 Å². The van der Waals surface area contributed by atoms with E-state index in [4.69, 9.17) is 15.9 Å². The van der Waals surface area contributed by atoms with Crippen LogP contribution in [-0.2, 0) is 4.74 Å². The zero-order valence-electron chi connectivity index (χ0n) is 12.1. The summed E-state index contributed by atoms with van der Waals surface area (Å²) < 4.78 is 6.17. The molecule has 2 aliphatic heterocycles. The van der Waals surface area contributed by atoms with Gasteiger partial charge < -0.3 is 10.5 Å². The molecule has 0 saturated carbocycles. The highest BCUT2D eigenvalue weighted by Gasteiger charge is 2.49. The Labute approximate surface area is 110 Å². The standard InChI is InChI=1S/C14H27N3O/c1-13(2)8-11(14(3,4)18-13)17-7-5-6-10(9-17)12(15)16/h10-11H,5-9H2,1-4H3,(H3,15,16). The third kappa shape index (κ3) is 2.69. The first kappa shape index (κ1) is 13.8. The monoisotopic (exact) mass is 253 g/mol. The zero-order chi connectivity index (χ0) is 13.6. The number of amidine groups is 1. The minimum absolute atomic E-state index is 0.0443. The van der Waals surface area contributed by atoms with Crippen LogP contribution in [0.5, 0.6) is 0 Å². The fraction of sp³-hybridized carbons (Fsp3) is 0.929. The van der Waals surface area contributed by atoms with Crippen molar-refractivity contribution < 1.29 is 4.74 Å². The van der Waals surface area contributed by atoms with Crippen molar-refractivity contribution in [3.8, 4) is 0 Å². The van der Waals surface area contributed by atoms with Crippen LogP contribution in [0.1, 0.15) is 47.0 Å². The van der Waals surface area contributed by atoms with E-state index in [0.717, 1.165) is 32.4 Å². The van der Waals surface area contributed by atoms with Crippen LogP contribution >= 0.6 is 0 Å². The largest absolute Gasteiger partial charge is 0.387 e. The van der Waals surface area contributed by atoms with Gasteiger partial charge in [0.05, 0.1) is 17.0 Å². The van der Waals surface area contributed by atoms with Crippen LogP contribution < -0.4 is 5.73 Å². The van der Waals surface area contributed by atoms with Gasteiger partial charge >= 0.3 is 0 Å². The van der Waals surface area contributed by atoms with Crippen LogP contribution in [0.4, 0.5) is 0 Å². The minimum atomic E-state index is -0.109. The second kappa shape index (κ2) is 4.49. The maximum absolute atomic E-state index is 7.65. The lowest BCUT2D eigenvalue weighted by atomic mass is 9.88. The lowest BCUT2D eigenvalue weighted by Crippen LogP contribution is -2.52. The van der Waals surface area contributed by atoms with Gasteiger partial charge in [0, 0.05) is 18.5 Å². The van der Waals surface area contributed by atoms with Gasteiger partial charge in [-0.05, 0) is 53.5 Å². The van der Waals surface area contributed by atoms with Crippen molar-refractivity contribution in [2.45, 2.75) is 64.2 Å². The number of ether oxygens (including phenoxy) is 1. The summed E-state index contributed by atoms with van der Waals surface area (Å²) in [6.07, 6.45) is 3.26.